The molecule has 0 saturated heterocycles. The number of ether oxygens (including phenoxy) is 1. The van der Waals surface area contributed by atoms with Crippen LogP contribution in [0.4, 0.5) is 4.79 Å². The van der Waals surface area contributed by atoms with Gasteiger partial charge in [0, 0.05) is 6.04 Å². The Morgan fingerprint density at radius 3 is 2.41 bits per heavy atom. The SMILES string of the molecule is CCC(CCN)NS(=O)(=O)NC(=O)OC(C)C. The Kier molecular flexibility index (Phi) is 7.09. The highest BCUT2D eigenvalue weighted by molar-refractivity contribution is 7.88. The number of nitrogens with one attached hydrogen (secondary N) is 2. The molecule has 0 aliphatic heterocycles. The summed E-state index contributed by atoms with van der Waals surface area (Å²) >= 11 is 0. The van der Waals surface area contributed by atoms with E-state index in [1.54, 1.807) is 18.6 Å². The quantitative estimate of drug-likeness (QED) is 0.605. The number of nitrogens with two attached hydrogens (primary N) is 1. The van der Waals surface area contributed by atoms with E-state index in [4.69, 9.17) is 5.73 Å². The van der Waals surface area contributed by atoms with Crippen LogP contribution in [0.5, 0.6) is 0 Å². The molecule has 0 heterocycles. The molecule has 7 nitrogen and oxygen atoms in total. The van der Waals surface area contributed by atoms with Crippen LogP contribution in [0.15, 0.2) is 0 Å². The van der Waals surface area contributed by atoms with Gasteiger partial charge in [-0.05, 0) is 33.2 Å². The summed E-state index contributed by atoms with van der Waals surface area (Å²) in [4.78, 5) is 11.1. The lowest BCUT2D eigenvalue weighted by Crippen LogP contribution is -2.46. The molecule has 0 aliphatic rings. The summed E-state index contributed by atoms with van der Waals surface area (Å²) in [6.45, 7) is 5.46. The molecule has 17 heavy (non-hydrogen) atoms. The topological polar surface area (TPSA) is 111 Å². The van der Waals surface area contributed by atoms with Crippen molar-refractivity contribution in [2.24, 2.45) is 5.73 Å². The molecule has 0 saturated carbocycles. The number of carbonyl (C=O) groups excluding carboxylic acids is 1. The highest BCUT2D eigenvalue weighted by atomic mass is 32.2. The van der Waals surface area contributed by atoms with E-state index >= 15 is 0 Å². The Morgan fingerprint density at radius 1 is 1.41 bits per heavy atom. The highest BCUT2D eigenvalue weighted by Crippen LogP contribution is 1.98. The zero-order valence-electron chi connectivity index (χ0n) is 10.4. The Labute approximate surface area is 102 Å². The van der Waals surface area contributed by atoms with Crippen LogP contribution in [0.25, 0.3) is 0 Å². The molecule has 102 valence electrons. The molecule has 0 rings (SSSR count). The van der Waals surface area contributed by atoms with Crippen molar-refractivity contribution in [3.05, 3.63) is 0 Å². The average molecular weight is 267 g/mol. The number of amides is 1. The smallest absolute Gasteiger partial charge is 0.422 e. The molecule has 0 bridgehead atoms. The number of rotatable bonds is 7. The van der Waals surface area contributed by atoms with Gasteiger partial charge in [-0.3, -0.25) is 0 Å². The van der Waals surface area contributed by atoms with Gasteiger partial charge in [0.2, 0.25) is 0 Å². The van der Waals surface area contributed by atoms with Gasteiger partial charge in [-0.2, -0.15) is 13.1 Å². The van der Waals surface area contributed by atoms with E-state index in [1.165, 1.54) is 0 Å². The van der Waals surface area contributed by atoms with E-state index in [0.29, 0.717) is 19.4 Å². The second-order valence-electron chi connectivity index (χ2n) is 3.86. The molecule has 0 aromatic rings. The Bertz CT molecular complexity index is 329. The summed E-state index contributed by atoms with van der Waals surface area (Å²) in [7, 11) is -3.89. The maximum atomic E-state index is 11.5. The summed E-state index contributed by atoms with van der Waals surface area (Å²) in [5, 5.41) is 0. The molecule has 4 N–H and O–H groups in total. The van der Waals surface area contributed by atoms with Crippen LogP contribution in [-0.4, -0.2) is 33.2 Å². The second-order valence-corrected chi connectivity index (χ2v) is 5.31. The summed E-state index contributed by atoms with van der Waals surface area (Å²) in [6, 6.07) is -0.288. The molecular weight excluding hydrogens is 246 g/mol. The van der Waals surface area contributed by atoms with E-state index < -0.39 is 16.3 Å². The normalized spacial score (nSPS) is 13.5. The van der Waals surface area contributed by atoms with Crippen molar-refractivity contribution < 1.29 is 17.9 Å². The molecule has 0 spiro atoms. The predicted octanol–water partition coefficient (Wildman–Crippen LogP) is 0.0828. The molecular formula is C9H21N3O4S. The van der Waals surface area contributed by atoms with Gasteiger partial charge in [0.05, 0.1) is 6.10 Å². The first-order chi connectivity index (χ1) is 7.80. The average Bonchev–Trinajstić information content (AvgIpc) is 2.14. The summed E-state index contributed by atoms with van der Waals surface area (Å²) in [6.07, 6.45) is -0.264. The zero-order chi connectivity index (χ0) is 13.5. The zero-order valence-corrected chi connectivity index (χ0v) is 11.2. The molecule has 0 aromatic carbocycles. The van der Waals surface area contributed by atoms with Gasteiger partial charge in [-0.15, -0.1) is 0 Å². The summed E-state index contributed by atoms with van der Waals surface area (Å²) < 4.78 is 31.8. The third-order valence-corrected chi connectivity index (χ3v) is 2.97. The number of hydrogen-bond donors (Lipinski definition) is 3. The van der Waals surface area contributed by atoms with Crippen LogP contribution in [0, 0.1) is 0 Å². The minimum absolute atomic E-state index is 0.288. The van der Waals surface area contributed by atoms with Crippen LogP contribution in [0.1, 0.15) is 33.6 Å². The fraction of sp³-hybridized carbons (Fsp3) is 0.889. The first kappa shape index (κ1) is 16.1. The van der Waals surface area contributed by atoms with Crippen molar-refractivity contribution in [3.8, 4) is 0 Å². The van der Waals surface area contributed by atoms with Crippen molar-refractivity contribution in [1.82, 2.24) is 9.44 Å². The molecule has 0 aromatic heterocycles. The fourth-order valence-electron chi connectivity index (χ4n) is 1.14. The van der Waals surface area contributed by atoms with E-state index in [2.05, 4.69) is 9.46 Å². The fourth-order valence-corrected chi connectivity index (χ4v) is 2.19. The van der Waals surface area contributed by atoms with Gasteiger partial charge in [-0.1, -0.05) is 6.92 Å². The van der Waals surface area contributed by atoms with Crippen LogP contribution < -0.4 is 15.2 Å². The lowest BCUT2D eigenvalue weighted by Gasteiger charge is -2.16. The molecule has 0 radical (unpaired) electrons. The first-order valence-corrected chi connectivity index (χ1v) is 6.99. The van der Waals surface area contributed by atoms with E-state index in [-0.39, 0.29) is 12.1 Å². The van der Waals surface area contributed by atoms with Crippen LogP contribution >= 0.6 is 0 Å². The minimum Gasteiger partial charge on any atom is -0.446 e. The third kappa shape index (κ3) is 7.94. The summed E-state index contributed by atoms with van der Waals surface area (Å²) in [5.74, 6) is 0. The Balaban J connectivity index is 4.32. The van der Waals surface area contributed by atoms with E-state index in [9.17, 15) is 13.2 Å². The third-order valence-electron chi connectivity index (χ3n) is 1.89. The van der Waals surface area contributed by atoms with Crippen molar-refractivity contribution in [2.45, 2.75) is 45.8 Å². The van der Waals surface area contributed by atoms with Gasteiger partial charge in [-0.25, -0.2) is 9.52 Å². The van der Waals surface area contributed by atoms with Crippen molar-refractivity contribution in [2.75, 3.05) is 6.54 Å². The second kappa shape index (κ2) is 7.46. The van der Waals surface area contributed by atoms with Gasteiger partial charge >= 0.3 is 16.3 Å². The minimum atomic E-state index is -3.89. The van der Waals surface area contributed by atoms with Crippen LogP contribution in [-0.2, 0) is 14.9 Å². The van der Waals surface area contributed by atoms with Gasteiger partial charge in [0.25, 0.3) is 0 Å². The maximum absolute atomic E-state index is 11.5. The van der Waals surface area contributed by atoms with Gasteiger partial charge in [0.1, 0.15) is 0 Å². The van der Waals surface area contributed by atoms with Gasteiger partial charge < -0.3 is 10.5 Å². The number of carbonyl (C=O) groups is 1. The molecule has 0 fully saturated rings. The maximum Gasteiger partial charge on any atom is 0.422 e. The lowest BCUT2D eigenvalue weighted by molar-refractivity contribution is 0.121. The van der Waals surface area contributed by atoms with Crippen molar-refractivity contribution in [3.63, 3.8) is 0 Å². The largest absolute Gasteiger partial charge is 0.446 e. The monoisotopic (exact) mass is 267 g/mol. The lowest BCUT2D eigenvalue weighted by atomic mass is 10.2. The molecule has 1 atom stereocenters. The number of hydrogen-bond acceptors (Lipinski definition) is 5. The van der Waals surface area contributed by atoms with Crippen LogP contribution in [0.3, 0.4) is 0 Å². The molecule has 1 unspecified atom stereocenters. The van der Waals surface area contributed by atoms with Gasteiger partial charge in [0.15, 0.2) is 0 Å². The molecule has 1 amide bonds. The first-order valence-electron chi connectivity index (χ1n) is 5.51. The van der Waals surface area contributed by atoms with Crippen molar-refractivity contribution in [1.29, 1.82) is 0 Å². The van der Waals surface area contributed by atoms with Crippen LogP contribution in [0.2, 0.25) is 0 Å². The van der Waals surface area contributed by atoms with E-state index in [1.807, 2.05) is 6.92 Å². The molecule has 0 aliphatic carbocycles. The highest BCUT2D eigenvalue weighted by Gasteiger charge is 2.19. The van der Waals surface area contributed by atoms with E-state index in [0.717, 1.165) is 0 Å². The van der Waals surface area contributed by atoms with Crippen molar-refractivity contribution >= 4 is 16.3 Å². The molecule has 8 heteroatoms. The summed E-state index contributed by atoms with van der Waals surface area (Å²) in [5.41, 5.74) is 5.34. The predicted molar refractivity (Wildman–Crippen MR) is 64.6 cm³/mol. The Hall–Kier alpha value is -0.860. The Morgan fingerprint density at radius 2 is 2.00 bits per heavy atom. The standard InChI is InChI=1S/C9H21N3O4S/c1-4-8(5-6-10)11-17(14,15)12-9(13)16-7(2)3/h7-8,11H,4-6,10H2,1-3H3,(H,12,13).